The van der Waals surface area contributed by atoms with E-state index in [1.165, 1.54) is 0 Å². The number of nitrogens with two attached hydrogens (primary N) is 1. The minimum Gasteiger partial charge on any atom is -0.364 e. The van der Waals surface area contributed by atoms with Gasteiger partial charge in [-0.25, -0.2) is 0 Å². The van der Waals surface area contributed by atoms with Crippen LogP contribution < -0.4 is 11.3 Å². The van der Waals surface area contributed by atoms with Crippen molar-refractivity contribution in [3.8, 4) is 17.2 Å². The fourth-order valence-corrected chi connectivity index (χ4v) is 2.42. The number of hydrogen-bond donors (Lipinski definition) is 2. The zero-order valence-electron chi connectivity index (χ0n) is 10.1. The van der Waals surface area contributed by atoms with Crippen LogP contribution >= 0.6 is 0 Å². The Morgan fingerprint density at radius 2 is 1.80 bits per heavy atom. The summed E-state index contributed by atoms with van der Waals surface area (Å²) in [6.07, 6.45) is 0. The summed E-state index contributed by atoms with van der Waals surface area (Å²) in [5, 5.41) is 9.13. The molecular weight excluding hydrogens is 258 g/mol. The van der Waals surface area contributed by atoms with Crippen molar-refractivity contribution in [1.82, 2.24) is 4.98 Å². The Kier molecular flexibility index (Phi) is 2.31. The van der Waals surface area contributed by atoms with Crippen LogP contribution in [0.15, 0.2) is 29.1 Å². The summed E-state index contributed by atoms with van der Waals surface area (Å²) in [7, 11) is 0. The quantitative estimate of drug-likeness (QED) is 0.668. The van der Waals surface area contributed by atoms with Crippen molar-refractivity contribution in [2.45, 2.75) is 0 Å². The molecule has 2 aromatic rings. The second kappa shape index (κ2) is 3.90. The van der Waals surface area contributed by atoms with Crippen molar-refractivity contribution in [3.05, 3.63) is 57.0 Å². The van der Waals surface area contributed by atoms with Crippen LogP contribution in [0.1, 0.15) is 32.0 Å². The van der Waals surface area contributed by atoms with Gasteiger partial charge in [-0.05, 0) is 5.56 Å². The third-order valence-corrected chi connectivity index (χ3v) is 3.24. The number of nitrogens with zero attached hydrogens (tertiary/aromatic N) is 1. The molecule has 0 spiro atoms. The van der Waals surface area contributed by atoms with E-state index in [1.54, 1.807) is 30.3 Å². The molecule has 1 aliphatic carbocycles. The van der Waals surface area contributed by atoms with E-state index in [1.807, 2.05) is 0 Å². The van der Waals surface area contributed by atoms with Crippen LogP contribution in [0, 0.1) is 11.3 Å². The maximum absolute atomic E-state index is 12.4. The molecule has 3 N–H and O–H groups in total. The van der Waals surface area contributed by atoms with E-state index in [2.05, 4.69) is 4.98 Å². The predicted octanol–water partition coefficient (Wildman–Crippen LogP) is 0.557. The molecule has 1 aliphatic rings. The summed E-state index contributed by atoms with van der Waals surface area (Å²) in [4.78, 5) is 37.9. The Balaban J connectivity index is 2.55. The lowest BCUT2D eigenvalue weighted by Gasteiger charge is -2.05. The topological polar surface area (TPSA) is 117 Å². The monoisotopic (exact) mass is 265 g/mol. The van der Waals surface area contributed by atoms with Gasteiger partial charge in [-0.1, -0.05) is 24.3 Å². The number of rotatable bonds is 1. The third kappa shape index (κ3) is 1.34. The highest BCUT2D eigenvalue weighted by molar-refractivity contribution is 6.25. The summed E-state index contributed by atoms with van der Waals surface area (Å²) in [5.41, 5.74) is 5.02. The minimum atomic E-state index is -0.913. The molecule has 1 aromatic heterocycles. The van der Waals surface area contributed by atoms with Gasteiger partial charge in [-0.15, -0.1) is 0 Å². The van der Waals surface area contributed by atoms with Crippen LogP contribution in [0.25, 0.3) is 11.1 Å². The number of primary amides is 1. The van der Waals surface area contributed by atoms with Crippen molar-refractivity contribution in [3.63, 3.8) is 0 Å². The summed E-state index contributed by atoms with van der Waals surface area (Å²) in [6, 6.07) is 8.34. The molecule has 1 heterocycles. The number of fused-ring (bicyclic) bond motifs is 3. The van der Waals surface area contributed by atoms with E-state index in [-0.39, 0.29) is 22.4 Å². The highest BCUT2D eigenvalue weighted by Crippen LogP contribution is 2.38. The van der Waals surface area contributed by atoms with Crippen LogP contribution in [0.3, 0.4) is 0 Å². The van der Waals surface area contributed by atoms with Gasteiger partial charge in [0.2, 0.25) is 0 Å². The number of H-pyrrole nitrogens is 1. The Morgan fingerprint density at radius 1 is 1.15 bits per heavy atom. The molecule has 0 unspecified atom stereocenters. The number of ketones is 1. The van der Waals surface area contributed by atoms with Crippen LogP contribution in [-0.2, 0) is 0 Å². The smallest absolute Gasteiger partial charge is 0.267 e. The number of aromatic nitrogens is 1. The van der Waals surface area contributed by atoms with Crippen LogP contribution in [-0.4, -0.2) is 16.7 Å². The number of amides is 1. The molecule has 0 saturated carbocycles. The largest absolute Gasteiger partial charge is 0.364 e. The Morgan fingerprint density at radius 3 is 2.40 bits per heavy atom. The number of benzene rings is 1. The van der Waals surface area contributed by atoms with Crippen LogP contribution in [0.5, 0.6) is 0 Å². The van der Waals surface area contributed by atoms with Gasteiger partial charge in [-0.2, -0.15) is 5.26 Å². The van der Waals surface area contributed by atoms with Gasteiger partial charge in [0.1, 0.15) is 17.3 Å². The molecule has 6 nitrogen and oxygen atoms in total. The maximum atomic E-state index is 12.4. The molecule has 20 heavy (non-hydrogen) atoms. The van der Waals surface area contributed by atoms with Crippen molar-refractivity contribution in [2.24, 2.45) is 5.73 Å². The highest BCUT2D eigenvalue weighted by Gasteiger charge is 2.34. The first kappa shape index (κ1) is 11.9. The Hall–Kier alpha value is -3.20. The SMILES string of the molecule is N#Cc1c2c(c(C(N)=O)[nH]c1=O)C(=O)c1ccccc1-2. The van der Waals surface area contributed by atoms with Crippen molar-refractivity contribution < 1.29 is 9.59 Å². The van der Waals surface area contributed by atoms with E-state index < -0.39 is 17.2 Å². The highest BCUT2D eigenvalue weighted by atomic mass is 16.2. The molecule has 0 bridgehead atoms. The number of carbonyl (C=O) groups excluding carboxylic acids is 2. The van der Waals surface area contributed by atoms with E-state index in [4.69, 9.17) is 11.0 Å². The van der Waals surface area contributed by atoms with Crippen LogP contribution in [0.4, 0.5) is 0 Å². The molecule has 0 atom stereocenters. The summed E-state index contributed by atoms with van der Waals surface area (Å²) < 4.78 is 0. The molecule has 0 fully saturated rings. The first-order valence-corrected chi connectivity index (χ1v) is 5.70. The van der Waals surface area contributed by atoms with Crippen LogP contribution in [0.2, 0.25) is 0 Å². The van der Waals surface area contributed by atoms with Gasteiger partial charge in [-0.3, -0.25) is 14.4 Å². The summed E-state index contributed by atoms with van der Waals surface area (Å²) in [5.74, 6) is -1.33. The molecule has 3 rings (SSSR count). The average molecular weight is 265 g/mol. The van der Waals surface area contributed by atoms with Gasteiger partial charge >= 0.3 is 0 Å². The molecule has 1 aromatic carbocycles. The lowest BCUT2D eigenvalue weighted by atomic mass is 10.0. The van der Waals surface area contributed by atoms with E-state index in [9.17, 15) is 14.4 Å². The molecule has 1 amide bonds. The van der Waals surface area contributed by atoms with Gasteiger partial charge in [0.05, 0.1) is 5.56 Å². The standard InChI is InChI=1S/C14H7N3O3/c15-5-8-9-6-3-1-2-4-7(6)12(18)10(9)11(13(16)19)17-14(8)20/h1-4H,(H2,16,19)(H,17,20). The lowest BCUT2D eigenvalue weighted by Crippen LogP contribution is -2.24. The first-order chi connectivity index (χ1) is 9.56. The summed E-state index contributed by atoms with van der Waals surface area (Å²) in [6.45, 7) is 0. The molecule has 0 saturated heterocycles. The lowest BCUT2D eigenvalue weighted by molar-refractivity contribution is 0.0978. The molecule has 96 valence electrons. The van der Waals surface area contributed by atoms with Gasteiger partial charge in [0.25, 0.3) is 11.5 Å². The third-order valence-electron chi connectivity index (χ3n) is 3.24. The molecule has 0 radical (unpaired) electrons. The number of hydrogen-bond acceptors (Lipinski definition) is 4. The zero-order valence-corrected chi connectivity index (χ0v) is 10.1. The normalized spacial score (nSPS) is 11.7. The molecular formula is C14H7N3O3. The fourth-order valence-electron chi connectivity index (χ4n) is 2.42. The first-order valence-electron chi connectivity index (χ1n) is 5.70. The second-order valence-electron chi connectivity index (χ2n) is 4.30. The number of nitriles is 1. The van der Waals surface area contributed by atoms with Gasteiger partial charge in [0.15, 0.2) is 5.78 Å². The van der Waals surface area contributed by atoms with E-state index in [0.29, 0.717) is 11.1 Å². The summed E-state index contributed by atoms with van der Waals surface area (Å²) >= 11 is 0. The van der Waals surface area contributed by atoms with Crippen molar-refractivity contribution >= 4 is 11.7 Å². The van der Waals surface area contributed by atoms with Gasteiger partial charge < -0.3 is 10.7 Å². The van der Waals surface area contributed by atoms with Crippen molar-refractivity contribution in [1.29, 1.82) is 5.26 Å². The Labute approximate surface area is 112 Å². The zero-order chi connectivity index (χ0) is 14.4. The van der Waals surface area contributed by atoms with E-state index >= 15 is 0 Å². The second-order valence-corrected chi connectivity index (χ2v) is 4.30. The number of nitrogens with one attached hydrogen (secondary N) is 1. The molecule has 6 heteroatoms. The number of carbonyl (C=O) groups is 2. The fraction of sp³-hybridized carbons (Fsp3) is 0. The Bertz CT molecular complexity index is 888. The number of aromatic amines is 1. The van der Waals surface area contributed by atoms with E-state index in [0.717, 1.165) is 0 Å². The average Bonchev–Trinajstić information content (AvgIpc) is 2.72. The van der Waals surface area contributed by atoms with Crippen molar-refractivity contribution in [2.75, 3.05) is 0 Å². The minimum absolute atomic E-state index is 0.00477. The number of pyridine rings is 1. The van der Waals surface area contributed by atoms with Gasteiger partial charge in [0, 0.05) is 11.1 Å². The molecule has 0 aliphatic heterocycles. The maximum Gasteiger partial charge on any atom is 0.267 e. The predicted molar refractivity (Wildman–Crippen MR) is 69.2 cm³/mol.